The van der Waals surface area contributed by atoms with Crippen molar-refractivity contribution in [3.05, 3.63) is 29.8 Å². The average molecular weight is 295 g/mol. The van der Waals surface area contributed by atoms with E-state index < -0.39 is 17.8 Å². The number of carbonyl (C=O) groups is 1. The third kappa shape index (κ3) is 7.56. The number of carbonyl (C=O) groups excluding carboxylic acids is 1. The second kappa shape index (κ2) is 7.88. The number of hydrogen-bond acceptors (Lipinski definition) is 4. The quantitative estimate of drug-likeness (QED) is 0.846. The minimum absolute atomic E-state index is 0.375. The van der Waals surface area contributed by atoms with Gasteiger partial charge in [0.15, 0.2) is 0 Å². The minimum atomic E-state index is -0.521. The van der Waals surface area contributed by atoms with E-state index in [-0.39, 0.29) is 0 Å². The number of ether oxygens (including phenoxy) is 2. The first kappa shape index (κ1) is 17.3. The molecule has 0 spiro atoms. The maximum absolute atomic E-state index is 11.5. The van der Waals surface area contributed by atoms with Gasteiger partial charge in [-0.25, -0.2) is 4.79 Å². The lowest BCUT2D eigenvalue weighted by atomic mass is 10.1. The number of methoxy groups -OCH3 is 1. The summed E-state index contributed by atoms with van der Waals surface area (Å²) in [6, 6.07) is 7.58. The molecule has 5 heteroatoms. The summed E-state index contributed by atoms with van der Waals surface area (Å²) in [5, 5.41) is 12.6. The molecule has 2 N–H and O–H groups in total. The maximum atomic E-state index is 11.5. The van der Waals surface area contributed by atoms with E-state index in [1.54, 1.807) is 7.11 Å². The maximum Gasteiger partial charge on any atom is 0.407 e. The smallest absolute Gasteiger partial charge is 0.407 e. The molecule has 0 aliphatic carbocycles. The van der Waals surface area contributed by atoms with E-state index >= 15 is 0 Å². The van der Waals surface area contributed by atoms with Gasteiger partial charge in [0.2, 0.25) is 0 Å². The van der Waals surface area contributed by atoms with Crippen molar-refractivity contribution in [2.75, 3.05) is 13.7 Å². The molecule has 0 radical (unpaired) electrons. The lowest BCUT2D eigenvalue weighted by Gasteiger charge is -2.20. The van der Waals surface area contributed by atoms with Crippen LogP contribution in [0.1, 0.15) is 32.8 Å². The monoisotopic (exact) mass is 295 g/mol. The molecule has 0 bridgehead atoms. The number of alkyl carbamates (subject to hydrolysis) is 1. The SMILES string of the molecule is COc1cccc(CC(O)CCNC(=O)OC(C)(C)C)c1. The zero-order valence-electron chi connectivity index (χ0n) is 13.2. The molecule has 118 valence electrons. The summed E-state index contributed by atoms with van der Waals surface area (Å²) in [4.78, 5) is 11.5. The molecule has 0 aromatic heterocycles. The van der Waals surface area contributed by atoms with Crippen LogP contribution in [0.4, 0.5) is 4.79 Å². The van der Waals surface area contributed by atoms with Crippen molar-refractivity contribution in [2.45, 2.75) is 45.3 Å². The van der Waals surface area contributed by atoms with Gasteiger partial charge in [-0.2, -0.15) is 0 Å². The van der Waals surface area contributed by atoms with E-state index in [1.165, 1.54) is 0 Å². The molecule has 0 saturated carbocycles. The Hall–Kier alpha value is -1.75. The average Bonchev–Trinajstić information content (AvgIpc) is 2.36. The number of benzene rings is 1. The first-order valence-electron chi connectivity index (χ1n) is 7.08. The van der Waals surface area contributed by atoms with Crippen molar-refractivity contribution in [3.63, 3.8) is 0 Å². The third-order valence-corrected chi connectivity index (χ3v) is 2.75. The second-order valence-corrected chi connectivity index (χ2v) is 5.93. The number of aliphatic hydroxyl groups is 1. The van der Waals surface area contributed by atoms with Crippen LogP contribution < -0.4 is 10.1 Å². The molecule has 0 aliphatic rings. The first-order valence-corrected chi connectivity index (χ1v) is 7.08. The molecular formula is C16H25NO4. The van der Waals surface area contributed by atoms with Gasteiger partial charge in [0.05, 0.1) is 13.2 Å². The van der Waals surface area contributed by atoms with E-state index in [0.29, 0.717) is 19.4 Å². The molecule has 5 nitrogen and oxygen atoms in total. The number of hydrogen-bond donors (Lipinski definition) is 2. The molecule has 1 amide bonds. The molecule has 0 heterocycles. The second-order valence-electron chi connectivity index (χ2n) is 5.93. The van der Waals surface area contributed by atoms with Crippen LogP contribution >= 0.6 is 0 Å². The fourth-order valence-corrected chi connectivity index (χ4v) is 1.83. The van der Waals surface area contributed by atoms with Gasteiger partial charge in [0.25, 0.3) is 0 Å². The highest BCUT2D eigenvalue weighted by Gasteiger charge is 2.16. The lowest BCUT2D eigenvalue weighted by molar-refractivity contribution is 0.0518. The number of rotatable bonds is 6. The predicted molar refractivity (Wildman–Crippen MR) is 81.6 cm³/mol. The Morgan fingerprint density at radius 1 is 1.38 bits per heavy atom. The van der Waals surface area contributed by atoms with Crippen molar-refractivity contribution >= 4 is 6.09 Å². The fourth-order valence-electron chi connectivity index (χ4n) is 1.83. The molecule has 21 heavy (non-hydrogen) atoms. The van der Waals surface area contributed by atoms with E-state index in [9.17, 15) is 9.90 Å². The Bertz CT molecular complexity index is 454. The van der Waals surface area contributed by atoms with Crippen LogP contribution in [-0.4, -0.2) is 36.6 Å². The van der Waals surface area contributed by atoms with Crippen molar-refractivity contribution in [1.29, 1.82) is 0 Å². The van der Waals surface area contributed by atoms with E-state index in [2.05, 4.69) is 5.32 Å². The highest BCUT2D eigenvalue weighted by molar-refractivity contribution is 5.67. The number of amides is 1. The summed E-state index contributed by atoms with van der Waals surface area (Å²) in [5.74, 6) is 0.770. The van der Waals surface area contributed by atoms with Gasteiger partial charge >= 0.3 is 6.09 Å². The zero-order valence-corrected chi connectivity index (χ0v) is 13.2. The van der Waals surface area contributed by atoms with E-state index in [0.717, 1.165) is 11.3 Å². The van der Waals surface area contributed by atoms with Crippen LogP contribution in [0.5, 0.6) is 5.75 Å². The standard InChI is InChI=1S/C16H25NO4/c1-16(2,3)21-15(19)17-9-8-13(18)10-12-6-5-7-14(11-12)20-4/h5-7,11,13,18H,8-10H2,1-4H3,(H,17,19). The van der Waals surface area contributed by atoms with E-state index in [4.69, 9.17) is 9.47 Å². The molecular weight excluding hydrogens is 270 g/mol. The molecule has 1 rings (SSSR count). The summed E-state index contributed by atoms with van der Waals surface area (Å²) in [6.45, 7) is 5.80. The summed E-state index contributed by atoms with van der Waals surface area (Å²) >= 11 is 0. The Balaban J connectivity index is 2.31. The first-order chi connectivity index (χ1) is 9.80. The normalized spacial score (nSPS) is 12.6. The number of nitrogens with one attached hydrogen (secondary N) is 1. The van der Waals surface area contributed by atoms with Crippen LogP contribution in [0.25, 0.3) is 0 Å². The molecule has 0 fully saturated rings. The van der Waals surface area contributed by atoms with Crippen LogP contribution in [0, 0.1) is 0 Å². The molecule has 1 aromatic carbocycles. The fraction of sp³-hybridized carbons (Fsp3) is 0.562. The number of aliphatic hydroxyl groups excluding tert-OH is 1. The highest BCUT2D eigenvalue weighted by Crippen LogP contribution is 2.14. The summed E-state index contributed by atoms with van der Waals surface area (Å²) in [5.41, 5.74) is 0.489. The van der Waals surface area contributed by atoms with Gasteiger partial charge in [0, 0.05) is 6.54 Å². The van der Waals surface area contributed by atoms with Gasteiger partial charge in [-0.3, -0.25) is 0 Å². The largest absolute Gasteiger partial charge is 0.497 e. The van der Waals surface area contributed by atoms with E-state index in [1.807, 2.05) is 45.0 Å². The molecule has 1 aromatic rings. The van der Waals surface area contributed by atoms with Crippen LogP contribution in [0.15, 0.2) is 24.3 Å². The third-order valence-electron chi connectivity index (χ3n) is 2.75. The van der Waals surface area contributed by atoms with Crippen LogP contribution in [-0.2, 0) is 11.2 Å². The van der Waals surface area contributed by atoms with Crippen molar-refractivity contribution in [3.8, 4) is 5.75 Å². The molecule has 1 unspecified atom stereocenters. The molecule has 0 saturated heterocycles. The van der Waals surface area contributed by atoms with Crippen molar-refractivity contribution < 1.29 is 19.4 Å². The van der Waals surface area contributed by atoms with Crippen LogP contribution in [0.3, 0.4) is 0 Å². The van der Waals surface area contributed by atoms with Gasteiger partial charge in [-0.15, -0.1) is 0 Å². The van der Waals surface area contributed by atoms with Crippen molar-refractivity contribution in [2.24, 2.45) is 0 Å². The minimum Gasteiger partial charge on any atom is -0.497 e. The zero-order chi connectivity index (χ0) is 15.9. The van der Waals surface area contributed by atoms with Gasteiger partial charge in [0.1, 0.15) is 11.4 Å². The molecule has 1 atom stereocenters. The van der Waals surface area contributed by atoms with Gasteiger partial charge in [-0.05, 0) is 51.3 Å². The Labute approximate surface area is 126 Å². The highest BCUT2D eigenvalue weighted by atomic mass is 16.6. The topological polar surface area (TPSA) is 67.8 Å². The Morgan fingerprint density at radius 2 is 2.10 bits per heavy atom. The molecule has 0 aliphatic heterocycles. The Morgan fingerprint density at radius 3 is 2.71 bits per heavy atom. The lowest BCUT2D eigenvalue weighted by Crippen LogP contribution is -2.34. The van der Waals surface area contributed by atoms with Gasteiger partial charge in [-0.1, -0.05) is 12.1 Å². The Kier molecular flexibility index (Phi) is 6.49. The van der Waals surface area contributed by atoms with Gasteiger partial charge < -0.3 is 19.9 Å². The predicted octanol–water partition coefficient (Wildman–Crippen LogP) is 2.51. The summed E-state index contributed by atoms with van der Waals surface area (Å²) < 4.78 is 10.3. The van der Waals surface area contributed by atoms with Crippen molar-refractivity contribution in [1.82, 2.24) is 5.32 Å². The summed E-state index contributed by atoms with van der Waals surface area (Å²) in [6.07, 6.45) is 0.00651. The van der Waals surface area contributed by atoms with Crippen LogP contribution in [0.2, 0.25) is 0 Å². The summed E-state index contributed by atoms with van der Waals surface area (Å²) in [7, 11) is 1.61.